The van der Waals surface area contributed by atoms with Gasteiger partial charge in [0.1, 0.15) is 24.3 Å². The van der Waals surface area contributed by atoms with Crippen LogP contribution in [0.4, 0.5) is 9.18 Å². The first-order chi connectivity index (χ1) is 15.0. The standard InChI is InChI=1S/C24H19Cl2FO4/c25-17-6-7-20(22(26)12-17)21-13-18(27)10-16-11-19(31-23(16)21)8-9-29-24(28)30-14-15-4-2-1-3-5-15/h1-7,10,12-13,19H,8-9,11,14H2. The van der Waals surface area contributed by atoms with Gasteiger partial charge in [-0.1, -0.05) is 59.6 Å². The molecule has 4 rings (SSSR count). The van der Waals surface area contributed by atoms with Crippen molar-refractivity contribution in [2.24, 2.45) is 0 Å². The summed E-state index contributed by atoms with van der Waals surface area (Å²) >= 11 is 12.3. The van der Waals surface area contributed by atoms with Crippen molar-refractivity contribution < 1.29 is 23.4 Å². The minimum atomic E-state index is -0.737. The Morgan fingerprint density at radius 1 is 1.03 bits per heavy atom. The summed E-state index contributed by atoms with van der Waals surface area (Å²) < 4.78 is 30.5. The van der Waals surface area contributed by atoms with Gasteiger partial charge in [0, 0.05) is 34.6 Å². The zero-order valence-corrected chi connectivity index (χ0v) is 18.0. The topological polar surface area (TPSA) is 44.8 Å². The molecule has 1 aliphatic heterocycles. The number of halogens is 3. The summed E-state index contributed by atoms with van der Waals surface area (Å²) in [7, 11) is 0. The molecule has 1 aliphatic rings. The Bertz CT molecular complexity index is 1090. The maximum absolute atomic E-state index is 14.2. The Hall–Kier alpha value is -2.76. The van der Waals surface area contributed by atoms with Gasteiger partial charge in [-0.2, -0.15) is 0 Å². The first kappa shape index (κ1) is 21.5. The highest BCUT2D eigenvalue weighted by Gasteiger charge is 2.28. The smallest absolute Gasteiger partial charge is 0.489 e. The van der Waals surface area contributed by atoms with Crippen molar-refractivity contribution in [1.82, 2.24) is 0 Å². The van der Waals surface area contributed by atoms with Gasteiger partial charge in [-0.3, -0.25) is 0 Å². The van der Waals surface area contributed by atoms with E-state index >= 15 is 0 Å². The van der Waals surface area contributed by atoms with Gasteiger partial charge in [0.25, 0.3) is 0 Å². The molecule has 0 radical (unpaired) electrons. The van der Waals surface area contributed by atoms with Crippen LogP contribution < -0.4 is 4.74 Å². The SMILES string of the molecule is O=C(OCCC1Cc2cc(F)cc(-c3ccc(Cl)cc3Cl)c2O1)OCc1ccccc1. The number of benzene rings is 3. The fourth-order valence-corrected chi connectivity index (χ4v) is 4.01. The van der Waals surface area contributed by atoms with Crippen molar-refractivity contribution in [3.8, 4) is 16.9 Å². The van der Waals surface area contributed by atoms with Crippen molar-refractivity contribution in [3.05, 3.63) is 87.7 Å². The first-order valence-corrected chi connectivity index (χ1v) is 10.5. The molecular weight excluding hydrogens is 442 g/mol. The Balaban J connectivity index is 1.35. The predicted molar refractivity (Wildman–Crippen MR) is 117 cm³/mol. The zero-order chi connectivity index (χ0) is 21.8. The highest BCUT2D eigenvalue weighted by molar-refractivity contribution is 6.36. The minimum absolute atomic E-state index is 0.131. The van der Waals surface area contributed by atoms with Gasteiger partial charge < -0.3 is 14.2 Å². The van der Waals surface area contributed by atoms with Crippen LogP contribution in [0.25, 0.3) is 11.1 Å². The van der Waals surface area contributed by atoms with Crippen molar-refractivity contribution in [2.45, 2.75) is 25.6 Å². The van der Waals surface area contributed by atoms with Crippen LogP contribution in [0.2, 0.25) is 10.0 Å². The number of rotatable bonds is 6. The lowest BCUT2D eigenvalue weighted by molar-refractivity contribution is 0.0424. The molecule has 0 bridgehead atoms. The normalized spacial score (nSPS) is 14.6. The number of carbonyl (C=O) groups excluding carboxylic acids is 1. The van der Waals surface area contributed by atoms with Gasteiger partial charge in [0.15, 0.2) is 0 Å². The average molecular weight is 461 g/mol. The number of hydrogen-bond donors (Lipinski definition) is 0. The number of ether oxygens (including phenoxy) is 3. The van der Waals surface area contributed by atoms with E-state index in [0.717, 1.165) is 11.1 Å². The molecule has 0 amide bonds. The quantitative estimate of drug-likeness (QED) is 0.377. The van der Waals surface area contributed by atoms with Gasteiger partial charge in [0.2, 0.25) is 0 Å². The van der Waals surface area contributed by atoms with Gasteiger partial charge in [0.05, 0.1) is 11.6 Å². The van der Waals surface area contributed by atoms with Crippen LogP contribution in [0.15, 0.2) is 60.7 Å². The molecule has 1 unspecified atom stereocenters. The zero-order valence-electron chi connectivity index (χ0n) is 16.4. The van der Waals surface area contributed by atoms with Crippen molar-refractivity contribution in [1.29, 1.82) is 0 Å². The summed E-state index contributed by atoms with van der Waals surface area (Å²) in [6.45, 7) is 0.279. The summed E-state index contributed by atoms with van der Waals surface area (Å²) in [5, 5.41) is 0.911. The number of fused-ring (bicyclic) bond motifs is 1. The van der Waals surface area contributed by atoms with E-state index in [0.29, 0.717) is 39.8 Å². The van der Waals surface area contributed by atoms with Crippen molar-refractivity contribution >= 4 is 29.4 Å². The van der Waals surface area contributed by atoms with E-state index in [9.17, 15) is 9.18 Å². The minimum Gasteiger partial charge on any atom is -0.489 e. The number of hydrogen-bond acceptors (Lipinski definition) is 4. The second-order valence-corrected chi connectivity index (χ2v) is 8.01. The van der Waals surface area contributed by atoms with Crippen LogP contribution in [0.1, 0.15) is 17.5 Å². The Morgan fingerprint density at radius 3 is 2.61 bits per heavy atom. The molecule has 0 saturated carbocycles. The molecule has 7 heteroatoms. The van der Waals surface area contributed by atoms with Crippen molar-refractivity contribution in [2.75, 3.05) is 6.61 Å². The maximum atomic E-state index is 14.2. The Morgan fingerprint density at radius 2 is 1.84 bits per heavy atom. The second kappa shape index (κ2) is 9.58. The molecule has 31 heavy (non-hydrogen) atoms. The molecule has 1 heterocycles. The first-order valence-electron chi connectivity index (χ1n) is 9.77. The molecule has 0 saturated heterocycles. The summed E-state index contributed by atoms with van der Waals surface area (Å²) in [4.78, 5) is 11.8. The Kier molecular flexibility index (Phi) is 6.64. The summed E-state index contributed by atoms with van der Waals surface area (Å²) in [6.07, 6.45) is -0.0271. The van der Waals surface area contributed by atoms with Crippen LogP contribution in [-0.4, -0.2) is 18.9 Å². The lowest BCUT2D eigenvalue weighted by Gasteiger charge is -2.14. The highest BCUT2D eigenvalue weighted by Crippen LogP contribution is 2.43. The molecule has 160 valence electrons. The van der Waals surface area contributed by atoms with E-state index in [1.807, 2.05) is 30.3 Å². The largest absolute Gasteiger partial charge is 0.508 e. The third-order valence-electron chi connectivity index (χ3n) is 4.94. The van der Waals surface area contributed by atoms with Crippen LogP contribution in [0.3, 0.4) is 0 Å². The molecule has 3 aromatic carbocycles. The van der Waals surface area contributed by atoms with Crippen LogP contribution in [0, 0.1) is 5.82 Å². The van der Waals surface area contributed by atoms with Crippen molar-refractivity contribution in [3.63, 3.8) is 0 Å². The Labute approximate surface area is 189 Å². The lowest BCUT2D eigenvalue weighted by Crippen LogP contribution is -2.18. The van der Waals surface area contributed by atoms with Crippen LogP contribution >= 0.6 is 23.2 Å². The maximum Gasteiger partial charge on any atom is 0.508 e. The summed E-state index contributed by atoms with van der Waals surface area (Å²) in [5.41, 5.74) is 2.84. The highest BCUT2D eigenvalue weighted by atomic mass is 35.5. The molecule has 4 nitrogen and oxygen atoms in total. The van der Waals surface area contributed by atoms with E-state index in [4.69, 9.17) is 37.4 Å². The third kappa shape index (κ3) is 5.30. The van der Waals surface area contributed by atoms with E-state index < -0.39 is 6.16 Å². The van der Waals surface area contributed by atoms with E-state index in [1.165, 1.54) is 12.1 Å². The predicted octanol–water partition coefficient (Wildman–Crippen LogP) is 6.85. The molecular formula is C24H19Cl2FO4. The molecule has 3 aromatic rings. The van der Waals surface area contributed by atoms with Crippen LogP contribution in [0.5, 0.6) is 5.75 Å². The van der Waals surface area contributed by atoms with Gasteiger partial charge in [-0.25, -0.2) is 9.18 Å². The monoisotopic (exact) mass is 460 g/mol. The van der Waals surface area contributed by atoms with E-state index in [2.05, 4.69) is 0 Å². The molecule has 0 spiro atoms. The lowest BCUT2D eigenvalue weighted by atomic mass is 10.00. The van der Waals surface area contributed by atoms with Crippen LogP contribution in [-0.2, 0) is 22.5 Å². The summed E-state index contributed by atoms with van der Waals surface area (Å²) in [6, 6.07) is 17.2. The summed E-state index contributed by atoms with van der Waals surface area (Å²) in [5.74, 6) is 0.215. The second-order valence-electron chi connectivity index (χ2n) is 7.17. The molecule has 0 aromatic heterocycles. The third-order valence-corrected chi connectivity index (χ3v) is 5.49. The van der Waals surface area contributed by atoms with E-state index in [1.54, 1.807) is 18.2 Å². The van der Waals surface area contributed by atoms with E-state index in [-0.39, 0.29) is 25.1 Å². The molecule has 0 aliphatic carbocycles. The van der Waals surface area contributed by atoms with Gasteiger partial charge >= 0.3 is 6.16 Å². The molecule has 0 N–H and O–H groups in total. The molecule has 0 fully saturated rings. The average Bonchev–Trinajstić information content (AvgIpc) is 3.15. The fraction of sp³-hybridized carbons (Fsp3) is 0.208. The van der Waals surface area contributed by atoms with Gasteiger partial charge in [-0.15, -0.1) is 0 Å². The number of carbonyl (C=O) groups is 1. The van der Waals surface area contributed by atoms with Gasteiger partial charge in [-0.05, 0) is 29.8 Å². The molecule has 1 atom stereocenters. The fourth-order valence-electron chi connectivity index (χ4n) is 3.50.